The zero-order valence-electron chi connectivity index (χ0n) is 18.0. The molecule has 4 heterocycles. The van der Waals surface area contributed by atoms with Crippen molar-refractivity contribution < 1.29 is 0 Å². The van der Waals surface area contributed by atoms with Crippen LogP contribution in [0.2, 0.25) is 0 Å². The van der Waals surface area contributed by atoms with Gasteiger partial charge in [-0.2, -0.15) is 0 Å². The van der Waals surface area contributed by atoms with Crippen molar-refractivity contribution in [2.45, 2.75) is 33.2 Å². The van der Waals surface area contributed by atoms with E-state index in [2.05, 4.69) is 66.4 Å². The second-order valence-electron chi connectivity index (χ2n) is 8.51. The molecule has 7 nitrogen and oxygen atoms in total. The largest absolute Gasteiger partial charge is 0.368 e. The van der Waals surface area contributed by atoms with Crippen molar-refractivity contribution in [2.24, 2.45) is 0 Å². The number of hydrogen-bond donors (Lipinski definition) is 1. The molecule has 30 heavy (non-hydrogen) atoms. The van der Waals surface area contributed by atoms with Gasteiger partial charge in [0.2, 0.25) is 5.95 Å². The molecule has 1 N–H and O–H groups in total. The fourth-order valence-corrected chi connectivity index (χ4v) is 4.23. The number of rotatable bonds is 3. The van der Waals surface area contributed by atoms with Crippen molar-refractivity contribution in [2.75, 3.05) is 42.9 Å². The maximum absolute atomic E-state index is 5.03. The minimum atomic E-state index is 0.585. The Kier molecular flexibility index (Phi) is 4.90. The van der Waals surface area contributed by atoms with Gasteiger partial charge in [-0.15, -0.1) is 5.10 Å². The van der Waals surface area contributed by atoms with Gasteiger partial charge in [-0.05, 0) is 44.9 Å². The molecule has 7 heteroatoms. The number of aryl methyl sites for hydroxylation is 1. The van der Waals surface area contributed by atoms with Crippen molar-refractivity contribution in [3.63, 3.8) is 0 Å². The molecule has 0 saturated carbocycles. The summed E-state index contributed by atoms with van der Waals surface area (Å²) in [6.45, 7) is 11.5. The molecule has 156 valence electrons. The van der Waals surface area contributed by atoms with Gasteiger partial charge in [-0.3, -0.25) is 4.90 Å². The van der Waals surface area contributed by atoms with E-state index in [1.807, 2.05) is 10.9 Å². The number of fused-ring (bicyclic) bond motifs is 3. The van der Waals surface area contributed by atoms with E-state index in [1.54, 1.807) is 0 Å². The maximum atomic E-state index is 5.03. The van der Waals surface area contributed by atoms with Gasteiger partial charge in [0.05, 0.1) is 16.9 Å². The molecular weight excluding hydrogens is 374 g/mol. The van der Waals surface area contributed by atoms with E-state index in [0.717, 1.165) is 67.9 Å². The summed E-state index contributed by atoms with van der Waals surface area (Å²) in [6.07, 6.45) is 4.99. The highest BCUT2D eigenvalue weighted by Crippen LogP contribution is 2.33. The molecule has 1 aromatic carbocycles. The van der Waals surface area contributed by atoms with Crippen LogP contribution in [0.1, 0.15) is 25.0 Å². The van der Waals surface area contributed by atoms with Crippen molar-refractivity contribution in [1.29, 1.82) is 0 Å². The van der Waals surface area contributed by atoms with Crippen LogP contribution in [0.3, 0.4) is 0 Å². The smallest absolute Gasteiger partial charge is 0.225 e. The third kappa shape index (κ3) is 3.54. The Morgan fingerprint density at radius 1 is 1.03 bits per heavy atom. The van der Waals surface area contributed by atoms with Gasteiger partial charge in [-0.1, -0.05) is 17.7 Å². The van der Waals surface area contributed by atoms with Gasteiger partial charge in [0.15, 0.2) is 5.82 Å². The first-order chi connectivity index (χ1) is 14.6. The molecule has 2 aliphatic rings. The van der Waals surface area contributed by atoms with E-state index in [9.17, 15) is 0 Å². The van der Waals surface area contributed by atoms with Crippen molar-refractivity contribution >= 4 is 11.8 Å². The number of nitrogens with one attached hydrogen (secondary N) is 1. The molecule has 1 saturated heterocycles. The van der Waals surface area contributed by atoms with E-state index in [0.29, 0.717) is 6.04 Å². The first kappa shape index (κ1) is 19.1. The molecule has 3 aromatic rings. The second kappa shape index (κ2) is 7.72. The van der Waals surface area contributed by atoms with Gasteiger partial charge in [0.25, 0.3) is 0 Å². The number of anilines is 2. The molecule has 2 aromatic heterocycles. The van der Waals surface area contributed by atoms with E-state index < -0.39 is 0 Å². The zero-order valence-corrected chi connectivity index (χ0v) is 18.0. The second-order valence-corrected chi connectivity index (χ2v) is 8.51. The number of hydrogen-bond acceptors (Lipinski definition) is 6. The zero-order chi connectivity index (χ0) is 20.7. The number of piperazine rings is 1. The lowest BCUT2D eigenvalue weighted by atomic mass is 10.1. The van der Waals surface area contributed by atoms with Gasteiger partial charge < -0.3 is 10.2 Å². The molecular formula is C23H29N7. The summed E-state index contributed by atoms with van der Waals surface area (Å²) in [5.41, 5.74) is 5.52. The van der Waals surface area contributed by atoms with Crippen LogP contribution in [0, 0.1) is 6.92 Å². The van der Waals surface area contributed by atoms with Crippen molar-refractivity contribution in [3.8, 4) is 16.9 Å². The Bertz CT molecular complexity index is 1030. The Morgan fingerprint density at radius 3 is 2.53 bits per heavy atom. The predicted molar refractivity (Wildman–Crippen MR) is 120 cm³/mol. The third-order valence-electron chi connectivity index (χ3n) is 6.13. The minimum absolute atomic E-state index is 0.585. The van der Waals surface area contributed by atoms with Gasteiger partial charge in [-0.25, -0.2) is 14.6 Å². The topological polar surface area (TPSA) is 62.1 Å². The van der Waals surface area contributed by atoms with Crippen LogP contribution in [0.5, 0.6) is 0 Å². The average molecular weight is 404 g/mol. The highest BCUT2D eigenvalue weighted by molar-refractivity contribution is 5.76. The first-order valence-electron chi connectivity index (χ1n) is 10.8. The standard InChI is InChI=1S/C23H29N7/c1-16(2)28-10-12-29(13-11-28)23-25-14-18-8-9-24-22-20(21(18)26-23)15-30(27-22)19-6-4-17(3)5-7-19/h4-7,14-16H,8-13H2,1-3H3,(H,24,27). The minimum Gasteiger partial charge on any atom is -0.368 e. The van der Waals surface area contributed by atoms with Crippen LogP contribution in [-0.2, 0) is 6.42 Å². The van der Waals surface area contributed by atoms with Crippen LogP contribution in [-0.4, -0.2) is 63.4 Å². The molecule has 0 radical (unpaired) electrons. The molecule has 5 rings (SSSR count). The fraction of sp³-hybridized carbons (Fsp3) is 0.435. The van der Waals surface area contributed by atoms with Crippen LogP contribution in [0.15, 0.2) is 36.7 Å². The molecule has 2 aliphatic heterocycles. The lowest BCUT2D eigenvalue weighted by Gasteiger charge is -2.37. The summed E-state index contributed by atoms with van der Waals surface area (Å²) in [4.78, 5) is 14.6. The molecule has 0 amide bonds. The maximum Gasteiger partial charge on any atom is 0.225 e. The summed E-state index contributed by atoms with van der Waals surface area (Å²) in [5, 5.41) is 8.28. The molecule has 0 atom stereocenters. The summed E-state index contributed by atoms with van der Waals surface area (Å²) in [7, 11) is 0. The average Bonchev–Trinajstić information content (AvgIpc) is 3.11. The fourth-order valence-electron chi connectivity index (χ4n) is 4.23. The summed E-state index contributed by atoms with van der Waals surface area (Å²) in [5.74, 6) is 1.72. The van der Waals surface area contributed by atoms with Crippen LogP contribution < -0.4 is 10.2 Å². The van der Waals surface area contributed by atoms with Gasteiger partial charge in [0, 0.05) is 51.2 Å². The van der Waals surface area contributed by atoms with Crippen LogP contribution in [0.25, 0.3) is 16.9 Å². The molecule has 1 fully saturated rings. The Hall–Kier alpha value is -2.93. The normalized spacial score (nSPS) is 16.7. The van der Waals surface area contributed by atoms with Crippen molar-refractivity contribution in [3.05, 3.63) is 47.8 Å². The lowest BCUT2D eigenvalue weighted by Crippen LogP contribution is -2.49. The van der Waals surface area contributed by atoms with E-state index in [1.165, 1.54) is 11.1 Å². The molecule has 0 bridgehead atoms. The SMILES string of the molecule is Cc1ccc(-n2cc3c(n2)NCCc2cnc(N4CCN(C(C)C)CC4)nc2-3)cc1. The third-order valence-corrected chi connectivity index (χ3v) is 6.13. The van der Waals surface area contributed by atoms with Crippen LogP contribution >= 0.6 is 0 Å². The number of aromatic nitrogens is 4. The highest BCUT2D eigenvalue weighted by atomic mass is 15.3. The van der Waals surface area contributed by atoms with E-state index >= 15 is 0 Å². The van der Waals surface area contributed by atoms with Gasteiger partial charge in [0.1, 0.15) is 0 Å². The monoisotopic (exact) mass is 403 g/mol. The first-order valence-corrected chi connectivity index (χ1v) is 10.8. The Labute approximate surface area is 177 Å². The van der Waals surface area contributed by atoms with Crippen molar-refractivity contribution in [1.82, 2.24) is 24.6 Å². The summed E-state index contributed by atoms with van der Waals surface area (Å²) in [6, 6.07) is 9.01. The highest BCUT2D eigenvalue weighted by Gasteiger charge is 2.24. The number of nitrogens with zero attached hydrogens (tertiary/aromatic N) is 6. The Balaban J connectivity index is 1.48. The van der Waals surface area contributed by atoms with E-state index in [-0.39, 0.29) is 0 Å². The molecule has 0 unspecified atom stereocenters. The molecule has 0 aliphatic carbocycles. The summed E-state index contributed by atoms with van der Waals surface area (Å²) >= 11 is 0. The number of benzene rings is 1. The predicted octanol–water partition coefficient (Wildman–Crippen LogP) is 3.14. The summed E-state index contributed by atoms with van der Waals surface area (Å²) < 4.78 is 1.94. The Morgan fingerprint density at radius 2 is 1.80 bits per heavy atom. The van der Waals surface area contributed by atoms with E-state index in [4.69, 9.17) is 15.1 Å². The van der Waals surface area contributed by atoms with Gasteiger partial charge >= 0.3 is 0 Å². The quantitative estimate of drug-likeness (QED) is 0.725. The van der Waals surface area contributed by atoms with Crippen LogP contribution in [0.4, 0.5) is 11.8 Å². The lowest BCUT2D eigenvalue weighted by molar-refractivity contribution is 0.208. The molecule has 0 spiro atoms.